The minimum Gasteiger partial charge on any atom is -0.489 e. The van der Waals surface area contributed by atoms with E-state index in [1.165, 1.54) is 12.1 Å². The van der Waals surface area contributed by atoms with E-state index in [-0.39, 0.29) is 6.61 Å². The van der Waals surface area contributed by atoms with E-state index >= 15 is 0 Å². The third kappa shape index (κ3) is 4.97. The number of nitrogens with zero attached hydrogens (tertiary/aromatic N) is 1. The summed E-state index contributed by atoms with van der Waals surface area (Å²) in [5, 5.41) is 10.1. The second-order valence-electron chi connectivity index (χ2n) is 7.59. The highest BCUT2D eigenvalue weighted by Crippen LogP contribution is 2.35. The van der Waals surface area contributed by atoms with Gasteiger partial charge in [-0.25, -0.2) is 8.78 Å². The van der Waals surface area contributed by atoms with Crippen LogP contribution >= 0.6 is 0 Å². The van der Waals surface area contributed by atoms with Crippen molar-refractivity contribution in [3.63, 3.8) is 0 Å². The number of aliphatic hydroxyl groups is 1. The van der Waals surface area contributed by atoms with E-state index < -0.39 is 17.0 Å². The number of aliphatic hydroxyl groups excluding tert-OH is 1. The molecule has 3 nitrogen and oxygen atoms in total. The normalized spacial score (nSPS) is 20.1. The van der Waals surface area contributed by atoms with Gasteiger partial charge in [0.2, 0.25) is 0 Å². The molecule has 1 atom stereocenters. The smallest absolute Gasteiger partial charge is 0.129 e. The van der Waals surface area contributed by atoms with Crippen LogP contribution in [0.2, 0.25) is 0 Å². The van der Waals surface area contributed by atoms with Crippen molar-refractivity contribution in [2.45, 2.75) is 25.8 Å². The van der Waals surface area contributed by atoms with Crippen LogP contribution in [0, 0.1) is 17.0 Å². The summed E-state index contributed by atoms with van der Waals surface area (Å²) in [7, 11) is 0. The van der Waals surface area contributed by atoms with E-state index in [0.717, 1.165) is 36.8 Å². The number of halogens is 2. The Kier molecular flexibility index (Phi) is 6.81. The highest BCUT2D eigenvalue weighted by molar-refractivity contribution is 5.33. The largest absolute Gasteiger partial charge is 0.489 e. The lowest BCUT2D eigenvalue weighted by Crippen LogP contribution is -2.46. The minimum atomic E-state index is -0.583. The Hall–Kier alpha value is -2.24. The predicted octanol–water partition coefficient (Wildman–Crippen LogP) is 4.35. The minimum absolute atomic E-state index is 0.0328. The first-order chi connectivity index (χ1) is 13.5. The first-order valence-electron chi connectivity index (χ1n) is 9.64. The van der Waals surface area contributed by atoms with E-state index in [2.05, 4.69) is 11.5 Å². The fourth-order valence-electron chi connectivity index (χ4n) is 4.01. The van der Waals surface area contributed by atoms with Gasteiger partial charge in [0, 0.05) is 30.1 Å². The Morgan fingerprint density at radius 3 is 2.75 bits per heavy atom. The van der Waals surface area contributed by atoms with Crippen LogP contribution in [0.25, 0.3) is 0 Å². The van der Waals surface area contributed by atoms with Crippen LogP contribution in [0.15, 0.2) is 55.1 Å². The Morgan fingerprint density at radius 1 is 1.18 bits per heavy atom. The molecule has 0 radical (unpaired) electrons. The average Bonchev–Trinajstić information content (AvgIpc) is 2.70. The van der Waals surface area contributed by atoms with Crippen LogP contribution in [0.5, 0.6) is 5.75 Å². The van der Waals surface area contributed by atoms with Crippen LogP contribution in [0.4, 0.5) is 8.78 Å². The standard InChI is InChI=1S/C23H27F2NO2/c1-2-12-28-22-7-4-3-6-19(22)15-26-11-5-10-23(16-26,17-27)14-18-8-9-20(24)13-21(18)25/h2-4,6-9,13,27H,1,5,10-12,14-17H2. The summed E-state index contributed by atoms with van der Waals surface area (Å²) < 4.78 is 33.1. The molecule has 0 aromatic heterocycles. The number of likely N-dealkylation sites (tertiary alicyclic amines) is 1. The van der Waals surface area contributed by atoms with Gasteiger partial charge < -0.3 is 9.84 Å². The summed E-state index contributed by atoms with van der Waals surface area (Å²) >= 11 is 0. The molecule has 0 saturated carbocycles. The monoisotopic (exact) mass is 387 g/mol. The molecule has 0 bridgehead atoms. The summed E-state index contributed by atoms with van der Waals surface area (Å²) in [5.41, 5.74) is 1.09. The van der Waals surface area contributed by atoms with Gasteiger partial charge in [-0.2, -0.15) is 0 Å². The van der Waals surface area contributed by atoms with Crippen molar-refractivity contribution in [2.24, 2.45) is 5.41 Å². The van der Waals surface area contributed by atoms with Gasteiger partial charge in [0.1, 0.15) is 24.0 Å². The van der Waals surface area contributed by atoms with Crippen molar-refractivity contribution in [1.29, 1.82) is 0 Å². The Bertz CT molecular complexity index is 811. The molecule has 2 aromatic carbocycles. The molecule has 3 rings (SSSR count). The molecule has 0 amide bonds. The molecular formula is C23H27F2NO2. The van der Waals surface area contributed by atoms with E-state index in [1.807, 2.05) is 24.3 Å². The molecule has 150 valence electrons. The highest BCUT2D eigenvalue weighted by atomic mass is 19.1. The summed E-state index contributed by atoms with van der Waals surface area (Å²) in [4.78, 5) is 2.28. The maximum Gasteiger partial charge on any atom is 0.129 e. The van der Waals surface area contributed by atoms with Crippen LogP contribution < -0.4 is 4.74 Å². The fraction of sp³-hybridized carbons (Fsp3) is 0.391. The molecule has 0 spiro atoms. The molecule has 1 heterocycles. The highest BCUT2D eigenvalue weighted by Gasteiger charge is 2.36. The first-order valence-corrected chi connectivity index (χ1v) is 9.64. The Labute approximate surface area is 165 Å². The number of piperidine rings is 1. The zero-order valence-electron chi connectivity index (χ0n) is 16.0. The summed E-state index contributed by atoms with van der Waals surface area (Å²) in [6, 6.07) is 11.6. The molecule has 1 saturated heterocycles. The van der Waals surface area contributed by atoms with Gasteiger partial charge >= 0.3 is 0 Å². The second-order valence-corrected chi connectivity index (χ2v) is 7.59. The van der Waals surface area contributed by atoms with Gasteiger partial charge in [-0.15, -0.1) is 0 Å². The van der Waals surface area contributed by atoms with E-state index in [4.69, 9.17) is 4.74 Å². The Balaban J connectivity index is 1.74. The van der Waals surface area contributed by atoms with Gasteiger partial charge in [-0.1, -0.05) is 36.9 Å². The maximum atomic E-state index is 14.2. The van der Waals surface area contributed by atoms with Gasteiger partial charge in [-0.3, -0.25) is 4.90 Å². The fourth-order valence-corrected chi connectivity index (χ4v) is 4.01. The number of hydrogen-bond acceptors (Lipinski definition) is 3. The lowest BCUT2D eigenvalue weighted by molar-refractivity contribution is 0.0279. The van der Waals surface area contributed by atoms with Crippen molar-refractivity contribution in [2.75, 3.05) is 26.3 Å². The topological polar surface area (TPSA) is 32.7 Å². The van der Waals surface area contributed by atoms with E-state index in [1.54, 1.807) is 6.08 Å². The molecule has 1 fully saturated rings. The molecule has 1 aliphatic rings. The van der Waals surface area contributed by atoms with E-state index in [0.29, 0.717) is 31.7 Å². The number of benzene rings is 2. The summed E-state index contributed by atoms with van der Waals surface area (Å²) in [6.45, 7) is 6.35. The molecule has 1 aliphatic heterocycles. The third-order valence-electron chi connectivity index (χ3n) is 5.38. The quantitative estimate of drug-likeness (QED) is 0.684. The SMILES string of the molecule is C=CCOc1ccccc1CN1CCCC(CO)(Cc2ccc(F)cc2F)C1. The van der Waals surface area contributed by atoms with Crippen LogP contribution in [0.3, 0.4) is 0 Å². The maximum absolute atomic E-state index is 14.2. The molecule has 5 heteroatoms. The third-order valence-corrected chi connectivity index (χ3v) is 5.38. The van der Waals surface area contributed by atoms with Crippen molar-refractivity contribution in [3.8, 4) is 5.75 Å². The lowest BCUT2D eigenvalue weighted by atomic mass is 9.75. The molecular weight excluding hydrogens is 360 g/mol. The summed E-state index contributed by atoms with van der Waals surface area (Å²) in [6.07, 6.45) is 3.83. The number of hydrogen-bond donors (Lipinski definition) is 1. The summed E-state index contributed by atoms with van der Waals surface area (Å²) in [5.74, 6) is -0.305. The van der Waals surface area contributed by atoms with Gasteiger partial charge in [-0.05, 0) is 43.5 Å². The van der Waals surface area contributed by atoms with Crippen LogP contribution in [-0.4, -0.2) is 36.3 Å². The van der Waals surface area contributed by atoms with Crippen molar-refractivity contribution >= 4 is 0 Å². The number of ether oxygens (including phenoxy) is 1. The molecule has 1 unspecified atom stereocenters. The van der Waals surface area contributed by atoms with Crippen LogP contribution in [-0.2, 0) is 13.0 Å². The lowest BCUT2D eigenvalue weighted by Gasteiger charge is -2.42. The zero-order valence-corrected chi connectivity index (χ0v) is 16.0. The zero-order chi connectivity index (χ0) is 20.0. The first kappa shape index (κ1) is 20.5. The van der Waals surface area contributed by atoms with Gasteiger partial charge in [0.05, 0.1) is 6.61 Å². The van der Waals surface area contributed by atoms with Gasteiger partial charge in [0.25, 0.3) is 0 Å². The molecule has 0 aliphatic carbocycles. The Morgan fingerprint density at radius 2 is 2.00 bits per heavy atom. The van der Waals surface area contributed by atoms with E-state index in [9.17, 15) is 13.9 Å². The molecule has 28 heavy (non-hydrogen) atoms. The molecule has 1 N–H and O–H groups in total. The van der Waals surface area contributed by atoms with Crippen molar-refractivity contribution in [1.82, 2.24) is 4.90 Å². The number of rotatable bonds is 8. The second kappa shape index (κ2) is 9.30. The van der Waals surface area contributed by atoms with Gasteiger partial charge in [0.15, 0.2) is 0 Å². The molecule has 2 aromatic rings. The predicted molar refractivity (Wildman–Crippen MR) is 106 cm³/mol. The van der Waals surface area contributed by atoms with Crippen molar-refractivity contribution < 1.29 is 18.6 Å². The number of para-hydroxylation sites is 1. The average molecular weight is 387 g/mol. The van der Waals surface area contributed by atoms with Crippen molar-refractivity contribution in [3.05, 3.63) is 77.9 Å². The van der Waals surface area contributed by atoms with Crippen LogP contribution in [0.1, 0.15) is 24.0 Å².